The smallest absolute Gasteiger partial charge is 0.261 e. The number of amides is 1. The zero-order valence-corrected chi connectivity index (χ0v) is 20.4. The van der Waals surface area contributed by atoms with Crippen LogP contribution in [0.2, 0.25) is 0 Å². The van der Waals surface area contributed by atoms with Gasteiger partial charge in [-0.15, -0.1) is 11.3 Å². The largest absolute Gasteiger partial charge is 0.350 e. The summed E-state index contributed by atoms with van der Waals surface area (Å²) in [4.78, 5) is 18.6. The fourth-order valence-corrected chi connectivity index (χ4v) is 4.59. The van der Waals surface area contributed by atoms with E-state index in [1.165, 1.54) is 34.6 Å². The van der Waals surface area contributed by atoms with Gasteiger partial charge in [0.05, 0.1) is 4.88 Å². The molecule has 0 fully saturated rings. The van der Waals surface area contributed by atoms with Gasteiger partial charge in [-0.05, 0) is 55.7 Å². The third kappa shape index (κ3) is 7.15. The summed E-state index contributed by atoms with van der Waals surface area (Å²) in [6.07, 6.45) is 3.39. The van der Waals surface area contributed by atoms with Crippen molar-refractivity contribution in [3.63, 3.8) is 0 Å². The fourth-order valence-electron chi connectivity index (χ4n) is 3.64. The summed E-state index contributed by atoms with van der Waals surface area (Å²) in [5.74, 6) is 1.41. The second-order valence-electron chi connectivity index (χ2n) is 8.05. The minimum Gasteiger partial charge on any atom is -0.350 e. The van der Waals surface area contributed by atoms with Crippen molar-refractivity contribution >= 4 is 27.5 Å². The summed E-state index contributed by atoms with van der Waals surface area (Å²) in [5.41, 5.74) is 9.34. The first-order valence-electron chi connectivity index (χ1n) is 11.4. The number of aryl methyl sites for hydroxylation is 2. The second-order valence-corrected chi connectivity index (χ2v) is 9.08. The van der Waals surface area contributed by atoms with Crippen molar-refractivity contribution in [3.8, 4) is 0 Å². The Balaban J connectivity index is 0.000000319. The molecule has 0 bridgehead atoms. The highest BCUT2D eigenvalue weighted by atomic mass is 32.1. The van der Waals surface area contributed by atoms with Crippen LogP contribution in [0.25, 0.3) is 10.2 Å². The highest BCUT2D eigenvalue weighted by Gasteiger charge is 2.23. The van der Waals surface area contributed by atoms with E-state index in [0.717, 1.165) is 33.9 Å². The van der Waals surface area contributed by atoms with Gasteiger partial charge < -0.3 is 11.1 Å². The van der Waals surface area contributed by atoms with Crippen LogP contribution in [-0.4, -0.2) is 24.0 Å². The Morgan fingerprint density at radius 3 is 2.52 bits per heavy atom. The van der Waals surface area contributed by atoms with E-state index in [4.69, 9.17) is 10.7 Å². The molecule has 2 aromatic heterocycles. The van der Waals surface area contributed by atoms with Crippen molar-refractivity contribution in [1.82, 2.24) is 10.3 Å². The van der Waals surface area contributed by atoms with Gasteiger partial charge in [-0.3, -0.25) is 4.79 Å². The summed E-state index contributed by atoms with van der Waals surface area (Å²) < 4.78 is 0. The molecular weight excluding hydrogens is 402 g/mol. The van der Waals surface area contributed by atoms with Crippen molar-refractivity contribution in [2.24, 2.45) is 17.6 Å². The molecule has 4 rings (SSSR count). The van der Waals surface area contributed by atoms with E-state index in [1.54, 1.807) is 0 Å². The van der Waals surface area contributed by atoms with E-state index in [1.807, 2.05) is 38.1 Å². The molecule has 0 radical (unpaired) electrons. The fraction of sp³-hybridized carbons (Fsp3) is 0.462. The van der Waals surface area contributed by atoms with Crippen LogP contribution in [0, 0.1) is 18.8 Å². The van der Waals surface area contributed by atoms with Gasteiger partial charge >= 0.3 is 0 Å². The molecule has 1 aromatic carbocycles. The first-order valence-corrected chi connectivity index (χ1v) is 12.2. The monoisotopic (exact) mass is 439 g/mol. The van der Waals surface area contributed by atoms with E-state index >= 15 is 0 Å². The number of hydrogen-bond donors (Lipinski definition) is 2. The van der Waals surface area contributed by atoms with Crippen LogP contribution in [-0.2, 0) is 12.8 Å². The lowest BCUT2D eigenvalue weighted by molar-refractivity contribution is 0.0959. The molecule has 5 heteroatoms. The van der Waals surface area contributed by atoms with Gasteiger partial charge in [-0.2, -0.15) is 0 Å². The molecule has 168 valence electrons. The third-order valence-corrected chi connectivity index (χ3v) is 6.49. The number of nitrogens with zero attached hydrogens (tertiary/aromatic N) is 1. The van der Waals surface area contributed by atoms with Crippen molar-refractivity contribution in [1.29, 1.82) is 0 Å². The maximum Gasteiger partial charge on any atom is 0.261 e. The number of thiophene rings is 1. The molecule has 4 nitrogen and oxygen atoms in total. The highest BCUT2D eigenvalue weighted by Crippen LogP contribution is 2.33. The van der Waals surface area contributed by atoms with Crippen LogP contribution in [0.15, 0.2) is 42.5 Å². The van der Waals surface area contributed by atoms with Gasteiger partial charge in [0.2, 0.25) is 0 Å². The number of nitrogens with two attached hydrogens (primary N) is 1. The standard InChI is InChI=1S/C17H23N3OS.C7H8.C2H6/c1-10(2)11-3-4-14-12(7-11)8-13-9-15(22-17(13)20-14)16(21)19-6-5-18;1-7-5-3-2-4-6-7;1-2/h8-11H,3-7,18H2,1-2H3,(H,19,21);2-6H,1H3;1-2H3. The lowest BCUT2D eigenvalue weighted by atomic mass is 9.80. The number of nitrogens with one attached hydrogen (secondary N) is 1. The van der Waals surface area contributed by atoms with E-state index in [2.05, 4.69) is 44.3 Å². The van der Waals surface area contributed by atoms with Crippen LogP contribution >= 0.6 is 11.3 Å². The van der Waals surface area contributed by atoms with E-state index < -0.39 is 0 Å². The summed E-state index contributed by atoms with van der Waals surface area (Å²) in [6.45, 7) is 11.6. The van der Waals surface area contributed by atoms with Crippen molar-refractivity contribution in [2.75, 3.05) is 13.1 Å². The zero-order chi connectivity index (χ0) is 22.8. The number of hydrogen-bond acceptors (Lipinski definition) is 4. The van der Waals surface area contributed by atoms with Crippen LogP contribution in [0.5, 0.6) is 0 Å². The van der Waals surface area contributed by atoms with Crippen LogP contribution in [0.1, 0.15) is 60.6 Å². The van der Waals surface area contributed by atoms with Gasteiger partial charge in [-0.25, -0.2) is 4.98 Å². The molecule has 1 atom stereocenters. The maximum absolute atomic E-state index is 12.1. The van der Waals surface area contributed by atoms with E-state index in [0.29, 0.717) is 19.0 Å². The predicted molar refractivity (Wildman–Crippen MR) is 134 cm³/mol. The first-order chi connectivity index (χ1) is 15.0. The number of carbonyl (C=O) groups is 1. The molecule has 2 heterocycles. The molecule has 1 unspecified atom stereocenters. The molecule has 0 spiro atoms. The van der Waals surface area contributed by atoms with Crippen LogP contribution in [0.4, 0.5) is 0 Å². The van der Waals surface area contributed by atoms with Crippen LogP contribution < -0.4 is 11.1 Å². The SMILES string of the molecule is CC.CC(C)C1CCc2nc3sc(C(=O)NCCN)cc3cc2C1.Cc1ccccc1. The van der Waals surface area contributed by atoms with Crippen molar-refractivity contribution < 1.29 is 4.79 Å². The molecule has 0 saturated carbocycles. The third-order valence-electron chi connectivity index (χ3n) is 5.45. The Morgan fingerprint density at radius 2 is 1.94 bits per heavy atom. The lowest BCUT2D eigenvalue weighted by Gasteiger charge is -2.26. The van der Waals surface area contributed by atoms with Crippen molar-refractivity contribution in [2.45, 2.75) is 53.9 Å². The van der Waals surface area contributed by atoms with Gasteiger partial charge in [0.1, 0.15) is 4.83 Å². The summed E-state index contributed by atoms with van der Waals surface area (Å²) in [6, 6.07) is 14.5. The molecule has 0 saturated heterocycles. The summed E-state index contributed by atoms with van der Waals surface area (Å²) in [7, 11) is 0. The molecule has 1 aliphatic rings. The maximum atomic E-state index is 12.1. The molecular formula is C26H37N3OS. The lowest BCUT2D eigenvalue weighted by Crippen LogP contribution is -2.28. The zero-order valence-electron chi connectivity index (χ0n) is 19.6. The Kier molecular flexibility index (Phi) is 10.2. The van der Waals surface area contributed by atoms with Gasteiger partial charge in [0.25, 0.3) is 5.91 Å². The Bertz CT molecular complexity index is 950. The number of rotatable bonds is 4. The molecule has 3 N–H and O–H groups in total. The molecule has 0 aliphatic heterocycles. The van der Waals surface area contributed by atoms with Gasteiger partial charge in [-0.1, -0.05) is 63.6 Å². The Labute approximate surface area is 191 Å². The number of aromatic nitrogens is 1. The predicted octanol–water partition coefficient (Wildman–Crippen LogP) is 5.77. The van der Waals surface area contributed by atoms with Gasteiger partial charge in [0, 0.05) is 24.2 Å². The summed E-state index contributed by atoms with van der Waals surface area (Å²) in [5, 5.41) is 3.91. The number of carbonyl (C=O) groups excluding carboxylic acids is 1. The van der Waals surface area contributed by atoms with E-state index in [9.17, 15) is 4.79 Å². The van der Waals surface area contributed by atoms with Gasteiger partial charge in [0.15, 0.2) is 0 Å². The minimum atomic E-state index is -0.0496. The summed E-state index contributed by atoms with van der Waals surface area (Å²) >= 11 is 1.47. The second kappa shape index (κ2) is 12.6. The normalized spacial score (nSPS) is 14.7. The van der Waals surface area contributed by atoms with Crippen LogP contribution in [0.3, 0.4) is 0 Å². The highest BCUT2D eigenvalue weighted by molar-refractivity contribution is 7.20. The van der Waals surface area contributed by atoms with Crippen molar-refractivity contribution in [3.05, 3.63) is 64.2 Å². The average molecular weight is 440 g/mol. The average Bonchev–Trinajstić information content (AvgIpc) is 3.20. The van der Waals surface area contributed by atoms with E-state index in [-0.39, 0.29) is 5.91 Å². The Morgan fingerprint density at radius 1 is 1.23 bits per heavy atom. The number of pyridine rings is 1. The molecule has 1 aliphatic carbocycles. The Hall–Kier alpha value is -2.24. The molecule has 1 amide bonds. The minimum absolute atomic E-state index is 0.0496. The molecule has 3 aromatic rings. The molecule has 31 heavy (non-hydrogen) atoms. The topological polar surface area (TPSA) is 68.0 Å². The number of fused-ring (bicyclic) bond motifs is 2. The quantitative estimate of drug-likeness (QED) is 0.542. The number of benzene rings is 1. The first kappa shape index (κ1) is 25.0.